The van der Waals surface area contributed by atoms with Gasteiger partial charge in [0.05, 0.1) is 18.2 Å². The molecule has 0 spiro atoms. The lowest BCUT2D eigenvalue weighted by atomic mass is 10.2. The summed E-state index contributed by atoms with van der Waals surface area (Å²) in [6.07, 6.45) is 1.53. The number of aromatic nitrogens is 1. The van der Waals surface area contributed by atoms with Crippen molar-refractivity contribution in [3.05, 3.63) is 70.3 Å². The Morgan fingerprint density at radius 3 is 2.41 bits per heavy atom. The third-order valence-electron chi connectivity index (χ3n) is 3.43. The maximum absolute atomic E-state index is 12.7. The number of para-hydroxylation sites is 1. The molecule has 3 aromatic rings. The largest absolute Gasteiger partial charge is 0.465 e. The van der Waals surface area contributed by atoms with Crippen molar-refractivity contribution in [2.45, 2.75) is 0 Å². The monoisotopic (exact) mass is 357 g/mol. The number of methoxy groups -OCH3 is 1. The number of ether oxygens (including phenoxy) is 1. The maximum atomic E-state index is 12.7. The van der Waals surface area contributed by atoms with E-state index in [0.717, 1.165) is 4.47 Å². The zero-order chi connectivity index (χ0) is 15.7. The zero-order valence-corrected chi connectivity index (χ0v) is 13.3. The van der Waals surface area contributed by atoms with Gasteiger partial charge in [-0.3, -0.25) is 9.36 Å². The summed E-state index contributed by atoms with van der Waals surface area (Å²) in [5.41, 5.74) is 1.60. The molecule has 0 amide bonds. The first kappa shape index (κ1) is 14.5. The van der Waals surface area contributed by atoms with E-state index in [0.29, 0.717) is 22.0 Å². The molecule has 0 radical (unpaired) electrons. The van der Waals surface area contributed by atoms with Crippen LogP contribution in [-0.2, 0) is 4.74 Å². The highest BCUT2D eigenvalue weighted by Gasteiger charge is 2.19. The Labute approximate surface area is 135 Å². The van der Waals surface area contributed by atoms with Crippen molar-refractivity contribution in [1.29, 1.82) is 0 Å². The van der Waals surface area contributed by atoms with Crippen LogP contribution >= 0.6 is 15.9 Å². The standard InChI is InChI=1S/C17H12BrNO3/c1-22-17(21)14-10-19(15-5-3-2-4-13(14)15)16(20)11-6-8-12(18)9-7-11/h2-10H,1H3. The van der Waals surface area contributed by atoms with Crippen LogP contribution in [0.5, 0.6) is 0 Å². The molecule has 0 aliphatic carbocycles. The van der Waals surface area contributed by atoms with Crippen LogP contribution in [0.15, 0.2) is 59.2 Å². The fourth-order valence-electron chi connectivity index (χ4n) is 2.35. The smallest absolute Gasteiger partial charge is 0.340 e. The van der Waals surface area contributed by atoms with Crippen molar-refractivity contribution in [3.63, 3.8) is 0 Å². The van der Waals surface area contributed by atoms with Crippen LogP contribution in [0.2, 0.25) is 0 Å². The Kier molecular flexibility index (Phi) is 3.81. The number of carbonyl (C=O) groups is 2. The highest BCUT2D eigenvalue weighted by Crippen LogP contribution is 2.23. The molecule has 2 aromatic carbocycles. The van der Waals surface area contributed by atoms with E-state index in [1.54, 1.807) is 36.4 Å². The molecule has 1 aromatic heterocycles. The molecule has 3 rings (SSSR count). The molecule has 110 valence electrons. The van der Waals surface area contributed by atoms with E-state index in [9.17, 15) is 9.59 Å². The Morgan fingerprint density at radius 2 is 1.73 bits per heavy atom. The van der Waals surface area contributed by atoms with Crippen LogP contribution < -0.4 is 0 Å². The molecule has 0 unspecified atom stereocenters. The van der Waals surface area contributed by atoms with E-state index >= 15 is 0 Å². The number of nitrogens with zero attached hydrogens (tertiary/aromatic N) is 1. The highest BCUT2D eigenvalue weighted by atomic mass is 79.9. The van der Waals surface area contributed by atoms with Crippen LogP contribution in [0.25, 0.3) is 10.9 Å². The summed E-state index contributed by atoms with van der Waals surface area (Å²) in [6, 6.07) is 14.3. The molecule has 0 fully saturated rings. The van der Waals surface area contributed by atoms with E-state index in [1.807, 2.05) is 12.1 Å². The number of rotatable bonds is 2. The van der Waals surface area contributed by atoms with Gasteiger partial charge in [0.15, 0.2) is 0 Å². The number of fused-ring (bicyclic) bond motifs is 1. The van der Waals surface area contributed by atoms with Gasteiger partial charge in [-0.2, -0.15) is 0 Å². The van der Waals surface area contributed by atoms with Crippen molar-refractivity contribution in [2.75, 3.05) is 7.11 Å². The van der Waals surface area contributed by atoms with Crippen LogP contribution in [0, 0.1) is 0 Å². The summed E-state index contributed by atoms with van der Waals surface area (Å²) in [4.78, 5) is 24.6. The predicted octanol–water partition coefficient (Wildman–Crippen LogP) is 3.88. The molecule has 0 aliphatic rings. The molecule has 0 bridgehead atoms. The van der Waals surface area contributed by atoms with Gasteiger partial charge in [-0.25, -0.2) is 4.79 Å². The average Bonchev–Trinajstić information content (AvgIpc) is 2.94. The number of benzene rings is 2. The van der Waals surface area contributed by atoms with Crippen LogP contribution in [0.3, 0.4) is 0 Å². The van der Waals surface area contributed by atoms with Crippen molar-refractivity contribution in [2.24, 2.45) is 0 Å². The molecule has 4 nitrogen and oxygen atoms in total. The molecular formula is C17H12BrNO3. The Morgan fingerprint density at radius 1 is 1.05 bits per heavy atom. The Bertz CT molecular complexity index is 865. The lowest BCUT2D eigenvalue weighted by molar-refractivity contribution is 0.0603. The minimum absolute atomic E-state index is 0.196. The number of hydrogen-bond donors (Lipinski definition) is 0. The fourth-order valence-corrected chi connectivity index (χ4v) is 2.62. The summed E-state index contributed by atoms with van der Waals surface area (Å²) in [7, 11) is 1.32. The average molecular weight is 358 g/mol. The summed E-state index contributed by atoms with van der Waals surface area (Å²) in [6.45, 7) is 0. The van der Waals surface area contributed by atoms with E-state index in [-0.39, 0.29) is 5.91 Å². The second-order valence-corrected chi connectivity index (χ2v) is 5.65. The van der Waals surface area contributed by atoms with Gasteiger partial charge in [-0.15, -0.1) is 0 Å². The maximum Gasteiger partial charge on any atom is 0.340 e. The van der Waals surface area contributed by atoms with Gasteiger partial charge >= 0.3 is 5.97 Å². The molecule has 0 N–H and O–H groups in total. The van der Waals surface area contributed by atoms with E-state index < -0.39 is 5.97 Å². The van der Waals surface area contributed by atoms with E-state index in [4.69, 9.17) is 4.74 Å². The van der Waals surface area contributed by atoms with Gasteiger partial charge in [0.25, 0.3) is 5.91 Å². The molecule has 1 heterocycles. The third kappa shape index (κ3) is 2.44. The normalized spacial score (nSPS) is 10.6. The quantitative estimate of drug-likeness (QED) is 0.654. The van der Waals surface area contributed by atoms with Crippen LogP contribution in [-0.4, -0.2) is 23.6 Å². The van der Waals surface area contributed by atoms with Gasteiger partial charge in [0.1, 0.15) is 0 Å². The van der Waals surface area contributed by atoms with Gasteiger partial charge in [-0.1, -0.05) is 34.1 Å². The van der Waals surface area contributed by atoms with Crippen molar-refractivity contribution >= 4 is 38.7 Å². The summed E-state index contributed by atoms with van der Waals surface area (Å²) in [5.74, 6) is -0.655. The lowest BCUT2D eigenvalue weighted by Crippen LogP contribution is -2.10. The fraction of sp³-hybridized carbons (Fsp3) is 0.0588. The van der Waals surface area contributed by atoms with Gasteiger partial charge in [0, 0.05) is 21.6 Å². The third-order valence-corrected chi connectivity index (χ3v) is 3.96. The van der Waals surface area contributed by atoms with Crippen LogP contribution in [0.4, 0.5) is 0 Å². The second-order valence-electron chi connectivity index (χ2n) is 4.73. The molecule has 0 saturated carbocycles. The van der Waals surface area contributed by atoms with E-state index in [1.165, 1.54) is 17.9 Å². The number of esters is 1. The van der Waals surface area contributed by atoms with Crippen LogP contribution in [0.1, 0.15) is 20.7 Å². The van der Waals surface area contributed by atoms with Crippen molar-refractivity contribution in [3.8, 4) is 0 Å². The predicted molar refractivity (Wildman–Crippen MR) is 87.1 cm³/mol. The first-order chi connectivity index (χ1) is 10.6. The molecule has 0 atom stereocenters. The van der Waals surface area contributed by atoms with Gasteiger partial charge in [0.2, 0.25) is 0 Å². The van der Waals surface area contributed by atoms with Crippen molar-refractivity contribution in [1.82, 2.24) is 4.57 Å². The van der Waals surface area contributed by atoms with Crippen molar-refractivity contribution < 1.29 is 14.3 Å². The summed E-state index contributed by atoms with van der Waals surface area (Å²) in [5, 5.41) is 0.694. The Hall–Kier alpha value is -2.40. The molecular weight excluding hydrogens is 346 g/mol. The number of hydrogen-bond acceptors (Lipinski definition) is 3. The summed E-state index contributed by atoms with van der Waals surface area (Å²) < 4.78 is 7.17. The minimum atomic E-state index is -0.460. The molecule has 0 saturated heterocycles. The molecule has 22 heavy (non-hydrogen) atoms. The highest BCUT2D eigenvalue weighted by molar-refractivity contribution is 9.10. The van der Waals surface area contributed by atoms with Gasteiger partial charge in [-0.05, 0) is 30.3 Å². The minimum Gasteiger partial charge on any atom is -0.465 e. The number of halogens is 1. The Balaban J connectivity index is 2.16. The number of carbonyl (C=O) groups excluding carboxylic acids is 2. The van der Waals surface area contributed by atoms with Gasteiger partial charge < -0.3 is 4.74 Å². The zero-order valence-electron chi connectivity index (χ0n) is 11.7. The van der Waals surface area contributed by atoms with E-state index in [2.05, 4.69) is 15.9 Å². The summed E-state index contributed by atoms with van der Waals surface area (Å²) >= 11 is 3.34. The topological polar surface area (TPSA) is 48.3 Å². The first-order valence-corrected chi connectivity index (χ1v) is 7.40. The lowest BCUT2D eigenvalue weighted by Gasteiger charge is -2.04. The molecule has 0 aliphatic heterocycles. The first-order valence-electron chi connectivity index (χ1n) is 6.60. The second kappa shape index (κ2) is 5.77. The molecule has 5 heteroatoms. The SMILES string of the molecule is COC(=O)c1cn(C(=O)c2ccc(Br)cc2)c2ccccc12.